The van der Waals surface area contributed by atoms with Crippen molar-refractivity contribution in [3.8, 4) is 11.3 Å². The average Bonchev–Trinajstić information content (AvgIpc) is 3.73. The van der Waals surface area contributed by atoms with E-state index in [-0.39, 0.29) is 31.6 Å². The fourth-order valence-corrected chi connectivity index (χ4v) is 6.61. The van der Waals surface area contributed by atoms with Crippen molar-refractivity contribution in [3.63, 3.8) is 0 Å². The first kappa shape index (κ1) is 29.2. The maximum atomic E-state index is 10.0. The number of allylic oxidation sites excluding steroid dienone is 2. The third kappa shape index (κ3) is 6.17. The minimum absolute atomic E-state index is 0. The molecule has 0 amide bonds. The topological polar surface area (TPSA) is 63.3 Å². The second-order valence-electron chi connectivity index (χ2n) is 11.4. The zero-order valence-corrected chi connectivity index (χ0v) is 26.1. The molecule has 0 bridgehead atoms. The number of para-hydroxylation sites is 1. The first-order valence-electron chi connectivity index (χ1n) is 14.6. The molecular weight excluding hydrogens is 687 g/mol. The number of nitrogens with zero attached hydrogens (tertiary/aromatic N) is 1. The normalized spacial score (nSPS) is 16.2. The summed E-state index contributed by atoms with van der Waals surface area (Å²) in [5.41, 5.74) is 6.67. The number of carbonyl (C=O) groups excluding carboxylic acids is 1. The summed E-state index contributed by atoms with van der Waals surface area (Å²) in [5, 5.41) is 13.2. The van der Waals surface area contributed by atoms with E-state index >= 15 is 0 Å². The van der Waals surface area contributed by atoms with Crippen LogP contribution >= 0.6 is 0 Å². The number of aliphatic hydroxyl groups excluding tert-OH is 1. The van der Waals surface area contributed by atoms with Crippen LogP contribution in [0.2, 0.25) is 0 Å². The van der Waals surface area contributed by atoms with Crippen molar-refractivity contribution in [2.75, 3.05) is 0 Å². The number of rotatable bonds is 4. The molecule has 0 saturated heterocycles. The monoisotopic (exact) mass is 723 g/mol. The van der Waals surface area contributed by atoms with Crippen LogP contribution in [-0.4, -0.2) is 15.9 Å². The molecule has 2 aliphatic carbocycles. The molecule has 41 heavy (non-hydrogen) atoms. The van der Waals surface area contributed by atoms with Crippen molar-refractivity contribution in [2.24, 2.45) is 0 Å². The molecule has 0 spiro atoms. The Morgan fingerprint density at radius 3 is 2.29 bits per heavy atom. The number of pyridine rings is 1. The van der Waals surface area contributed by atoms with Gasteiger partial charge in [0.2, 0.25) is 0 Å². The van der Waals surface area contributed by atoms with Gasteiger partial charge in [-0.1, -0.05) is 73.0 Å². The van der Waals surface area contributed by atoms with E-state index in [2.05, 4.69) is 54.6 Å². The Kier molecular flexibility index (Phi) is 9.06. The molecule has 3 aromatic carbocycles. The summed E-state index contributed by atoms with van der Waals surface area (Å²) in [5.74, 6) is 1.24. The van der Waals surface area contributed by atoms with Gasteiger partial charge >= 0.3 is 0 Å². The van der Waals surface area contributed by atoms with Crippen molar-refractivity contribution in [1.82, 2.24) is 4.98 Å². The van der Waals surface area contributed by atoms with Crippen molar-refractivity contribution in [2.45, 2.75) is 77.0 Å². The van der Waals surface area contributed by atoms with Crippen LogP contribution in [-0.2, 0) is 24.9 Å². The van der Waals surface area contributed by atoms with Gasteiger partial charge in [0.1, 0.15) is 5.58 Å². The Balaban J connectivity index is 0.000000379. The Hall–Kier alpha value is -3.27. The summed E-state index contributed by atoms with van der Waals surface area (Å²) >= 11 is 0. The molecule has 2 heterocycles. The average molecular weight is 723 g/mol. The van der Waals surface area contributed by atoms with Crippen LogP contribution in [0.5, 0.6) is 0 Å². The van der Waals surface area contributed by atoms with Gasteiger partial charge in [0, 0.05) is 37.8 Å². The molecule has 7 rings (SSSR count). The molecule has 5 heteroatoms. The Morgan fingerprint density at radius 1 is 0.902 bits per heavy atom. The van der Waals surface area contributed by atoms with Crippen molar-refractivity contribution in [1.29, 1.82) is 0 Å². The van der Waals surface area contributed by atoms with Gasteiger partial charge in [-0.25, -0.2) is 0 Å². The van der Waals surface area contributed by atoms with E-state index in [1.807, 2.05) is 12.3 Å². The first-order chi connectivity index (χ1) is 19.5. The van der Waals surface area contributed by atoms with E-state index in [0.717, 1.165) is 22.4 Å². The summed E-state index contributed by atoms with van der Waals surface area (Å²) in [7, 11) is 0. The van der Waals surface area contributed by atoms with Crippen LogP contribution in [0.15, 0.2) is 77.0 Å². The van der Waals surface area contributed by atoms with Gasteiger partial charge < -0.3 is 14.5 Å². The second kappa shape index (κ2) is 12.7. The van der Waals surface area contributed by atoms with Gasteiger partial charge in [-0.05, 0) is 85.5 Å². The predicted octanol–water partition coefficient (Wildman–Crippen LogP) is 9.95. The quantitative estimate of drug-likeness (QED) is 0.114. The largest absolute Gasteiger partial charge is 0.512 e. The summed E-state index contributed by atoms with van der Waals surface area (Å²) in [6, 6.07) is 23.7. The van der Waals surface area contributed by atoms with E-state index in [9.17, 15) is 4.79 Å². The molecule has 5 aromatic rings. The Bertz CT molecular complexity index is 1720. The van der Waals surface area contributed by atoms with Crippen LogP contribution in [0.1, 0.15) is 88.2 Å². The predicted molar refractivity (Wildman–Crippen MR) is 163 cm³/mol. The molecule has 0 unspecified atom stereocenters. The number of hydrogen-bond donors (Lipinski definition) is 1. The zero-order chi connectivity index (χ0) is 27.6. The minimum Gasteiger partial charge on any atom is -0.512 e. The number of benzene rings is 3. The molecule has 1 N–H and O–H groups in total. The molecule has 2 aliphatic rings. The maximum absolute atomic E-state index is 10.0. The smallest absolute Gasteiger partial charge is 0.155 e. The van der Waals surface area contributed by atoms with Crippen molar-refractivity contribution >= 4 is 38.5 Å². The van der Waals surface area contributed by atoms with Crippen LogP contribution < -0.4 is 0 Å². The number of ketones is 1. The van der Waals surface area contributed by atoms with Gasteiger partial charge in [0.05, 0.1) is 11.3 Å². The number of furan rings is 1. The zero-order valence-electron chi connectivity index (χ0n) is 23.7. The molecule has 1 radical (unpaired) electrons. The van der Waals surface area contributed by atoms with Crippen molar-refractivity contribution < 1.29 is 34.4 Å². The number of carbonyl (C=O) groups is 1. The summed E-state index contributed by atoms with van der Waals surface area (Å²) < 4.78 is 6.44. The van der Waals surface area contributed by atoms with Gasteiger partial charge in [0.15, 0.2) is 5.78 Å². The first-order valence-corrected chi connectivity index (χ1v) is 14.6. The molecule has 0 atom stereocenters. The third-order valence-corrected chi connectivity index (χ3v) is 8.49. The number of aliphatic hydroxyl groups is 1. The van der Waals surface area contributed by atoms with E-state index in [4.69, 9.17) is 14.5 Å². The summed E-state index contributed by atoms with van der Waals surface area (Å²) in [6.07, 6.45) is 13.6. The van der Waals surface area contributed by atoms with Gasteiger partial charge in [0.25, 0.3) is 0 Å². The van der Waals surface area contributed by atoms with Crippen LogP contribution in [0.4, 0.5) is 0 Å². The standard InChI is InChI=1S/C31H28NO.C5H8O2.Ir/c1-2-8-20(7-1)22-13-14-25-23(17-22)15-16-32-30(25)28-19-24(21-9-3-4-10-21)18-27-26-11-5-6-12-29(26)33-31(27)28;1-4(6)3-5(2)7;/h5-6,11-18,20-21H,1-4,7-10H2;3,6H,1-2H3;/q-1;;/b;4-3-;. The molecule has 213 valence electrons. The molecule has 2 saturated carbocycles. The SMILES string of the molecule is CC(=O)/C=C(/C)O.[Ir].[c-]1c(C2CCCC2)cc2c(oc3ccccc32)c1-c1nccc2cc(C3CCCC3)ccc12. The minimum atomic E-state index is -0.125. The molecule has 4 nitrogen and oxygen atoms in total. The van der Waals surface area contributed by atoms with E-state index in [1.165, 1.54) is 104 Å². The Labute approximate surface area is 255 Å². The van der Waals surface area contributed by atoms with Crippen LogP contribution in [0, 0.1) is 6.07 Å². The number of fused-ring (bicyclic) bond motifs is 4. The fraction of sp³-hybridized carbons (Fsp3) is 0.333. The molecule has 0 aliphatic heterocycles. The molecule has 2 fully saturated rings. The second-order valence-corrected chi connectivity index (χ2v) is 11.4. The van der Waals surface area contributed by atoms with E-state index in [0.29, 0.717) is 11.8 Å². The molecular formula is C36H36IrNO3-. The summed E-state index contributed by atoms with van der Waals surface area (Å²) in [4.78, 5) is 14.9. The van der Waals surface area contributed by atoms with E-state index < -0.39 is 0 Å². The number of aromatic nitrogens is 1. The van der Waals surface area contributed by atoms with Crippen LogP contribution in [0.3, 0.4) is 0 Å². The third-order valence-electron chi connectivity index (χ3n) is 8.49. The van der Waals surface area contributed by atoms with Crippen LogP contribution in [0.25, 0.3) is 44.0 Å². The number of hydrogen-bond acceptors (Lipinski definition) is 4. The van der Waals surface area contributed by atoms with E-state index in [1.54, 1.807) is 0 Å². The molecule has 2 aromatic heterocycles. The Morgan fingerprint density at radius 2 is 1.61 bits per heavy atom. The van der Waals surface area contributed by atoms with Crippen molar-refractivity contribution in [3.05, 3.63) is 89.8 Å². The maximum Gasteiger partial charge on any atom is 0.155 e. The summed E-state index contributed by atoms with van der Waals surface area (Å²) in [6.45, 7) is 2.85. The van der Waals surface area contributed by atoms with Gasteiger partial charge in [-0.15, -0.1) is 17.7 Å². The van der Waals surface area contributed by atoms with Gasteiger partial charge in [-0.3, -0.25) is 4.79 Å². The fourth-order valence-electron chi connectivity index (χ4n) is 6.61. The van der Waals surface area contributed by atoms with Gasteiger partial charge in [-0.2, -0.15) is 0 Å².